The lowest BCUT2D eigenvalue weighted by atomic mass is 9.66. The van der Waals surface area contributed by atoms with Crippen molar-refractivity contribution >= 4 is 11.9 Å². The Morgan fingerprint density at radius 3 is 2.17 bits per heavy atom. The van der Waals surface area contributed by atoms with Gasteiger partial charge in [0.1, 0.15) is 0 Å². The van der Waals surface area contributed by atoms with Gasteiger partial charge < -0.3 is 4.74 Å². The number of allylic oxidation sites excluding steroid dienone is 1. The molecule has 3 heteroatoms. The minimum atomic E-state index is -0.403. The van der Waals surface area contributed by atoms with Gasteiger partial charge in [-0.05, 0) is 41.9 Å². The van der Waals surface area contributed by atoms with Crippen molar-refractivity contribution in [3.05, 3.63) is 12.2 Å². The third-order valence-electron chi connectivity index (χ3n) is 5.74. The molecule has 0 saturated carbocycles. The zero-order valence-corrected chi connectivity index (χ0v) is 16.0. The molecule has 1 saturated heterocycles. The van der Waals surface area contributed by atoms with Crippen molar-refractivity contribution < 1.29 is 14.3 Å². The third kappa shape index (κ3) is 5.78. The highest BCUT2D eigenvalue weighted by Crippen LogP contribution is 2.42. The molecule has 1 heterocycles. The molecule has 3 unspecified atom stereocenters. The Morgan fingerprint density at radius 1 is 1.17 bits per heavy atom. The normalized spacial score (nSPS) is 22.0. The van der Waals surface area contributed by atoms with Crippen LogP contribution in [0.15, 0.2) is 12.2 Å². The Morgan fingerprint density at radius 2 is 1.74 bits per heavy atom. The van der Waals surface area contributed by atoms with Gasteiger partial charge >= 0.3 is 11.9 Å². The summed E-state index contributed by atoms with van der Waals surface area (Å²) in [5.74, 6) is 0.00646. The van der Waals surface area contributed by atoms with Crippen molar-refractivity contribution in [1.29, 1.82) is 0 Å². The van der Waals surface area contributed by atoms with Gasteiger partial charge in [-0.1, -0.05) is 60.6 Å². The van der Waals surface area contributed by atoms with Crippen molar-refractivity contribution in [2.24, 2.45) is 28.6 Å². The largest absolute Gasteiger partial charge is 0.393 e. The van der Waals surface area contributed by atoms with Gasteiger partial charge in [-0.25, -0.2) is 0 Å². The molecule has 0 aromatic rings. The number of hydrogen-bond donors (Lipinski definition) is 0. The first-order valence-corrected chi connectivity index (χ1v) is 8.74. The van der Waals surface area contributed by atoms with E-state index in [1.807, 2.05) is 0 Å². The lowest BCUT2D eigenvalue weighted by Crippen LogP contribution is -2.29. The summed E-state index contributed by atoms with van der Waals surface area (Å²) < 4.78 is 4.62. The summed E-state index contributed by atoms with van der Waals surface area (Å²) in [5.41, 5.74) is 1.56. The average Bonchev–Trinajstić information content (AvgIpc) is 2.65. The van der Waals surface area contributed by atoms with E-state index in [1.54, 1.807) is 0 Å². The van der Waals surface area contributed by atoms with E-state index in [2.05, 4.69) is 59.8 Å². The second-order valence-electron chi connectivity index (χ2n) is 9.21. The lowest BCUT2D eigenvalue weighted by Gasteiger charge is -2.39. The summed E-state index contributed by atoms with van der Waals surface area (Å²) in [6.45, 7) is 20.2. The number of carbonyl (C=O) groups is 2. The summed E-state index contributed by atoms with van der Waals surface area (Å²) in [4.78, 5) is 22.7. The van der Waals surface area contributed by atoms with Gasteiger partial charge in [0.2, 0.25) is 0 Å². The molecule has 3 nitrogen and oxygen atoms in total. The molecule has 1 aliphatic rings. The molecule has 0 spiro atoms. The van der Waals surface area contributed by atoms with Crippen LogP contribution < -0.4 is 0 Å². The van der Waals surface area contributed by atoms with Gasteiger partial charge in [0.05, 0.1) is 12.3 Å². The molecule has 1 aliphatic heterocycles. The Balaban J connectivity index is 2.56. The van der Waals surface area contributed by atoms with E-state index in [-0.39, 0.29) is 23.7 Å². The van der Waals surface area contributed by atoms with E-state index in [0.29, 0.717) is 23.7 Å². The molecule has 0 N–H and O–H groups in total. The quantitative estimate of drug-likeness (QED) is 0.370. The van der Waals surface area contributed by atoms with Crippen LogP contribution in [0, 0.1) is 28.6 Å². The van der Waals surface area contributed by atoms with Crippen LogP contribution in [0.3, 0.4) is 0 Å². The van der Waals surface area contributed by atoms with Crippen LogP contribution in [0.4, 0.5) is 0 Å². The zero-order valence-electron chi connectivity index (χ0n) is 16.0. The molecule has 0 radical (unpaired) electrons. The average molecular weight is 322 g/mol. The highest BCUT2D eigenvalue weighted by atomic mass is 16.6. The van der Waals surface area contributed by atoms with Gasteiger partial charge in [0, 0.05) is 0 Å². The van der Waals surface area contributed by atoms with Crippen LogP contribution in [-0.2, 0) is 14.3 Å². The van der Waals surface area contributed by atoms with Crippen molar-refractivity contribution in [2.45, 2.75) is 74.1 Å². The number of hydrogen-bond acceptors (Lipinski definition) is 3. The minimum absolute atomic E-state index is 0.205. The molecule has 23 heavy (non-hydrogen) atoms. The standard InChI is InChI=1S/C20H34O3/c1-13(10-16-11-17(21)23-18(16)22)9-14(2)20(7,8)12-15(3)19(4,5)6/h14-16H,1,9-12H2,2-8H3. The number of rotatable bonds is 7. The first-order valence-electron chi connectivity index (χ1n) is 8.74. The van der Waals surface area contributed by atoms with Crippen LogP contribution in [0.5, 0.6) is 0 Å². The maximum absolute atomic E-state index is 11.6. The minimum Gasteiger partial charge on any atom is -0.393 e. The Bertz CT molecular complexity index is 468. The molecule has 1 fully saturated rings. The summed E-state index contributed by atoms with van der Waals surface area (Å²) in [6.07, 6.45) is 2.83. The highest BCUT2D eigenvalue weighted by Gasteiger charge is 2.35. The molecule has 0 aromatic carbocycles. The first kappa shape index (κ1) is 19.9. The van der Waals surface area contributed by atoms with Gasteiger partial charge in [-0.3, -0.25) is 9.59 Å². The number of esters is 2. The van der Waals surface area contributed by atoms with E-state index < -0.39 is 5.97 Å². The molecule has 0 bridgehead atoms. The van der Waals surface area contributed by atoms with Gasteiger partial charge in [0.15, 0.2) is 0 Å². The molecular weight excluding hydrogens is 288 g/mol. The van der Waals surface area contributed by atoms with E-state index >= 15 is 0 Å². The van der Waals surface area contributed by atoms with Crippen molar-refractivity contribution in [1.82, 2.24) is 0 Å². The number of cyclic esters (lactones) is 2. The topological polar surface area (TPSA) is 43.4 Å². The predicted octanol–water partition coefficient (Wildman–Crippen LogP) is 5.15. The summed E-state index contributed by atoms with van der Waals surface area (Å²) >= 11 is 0. The molecule has 3 atom stereocenters. The summed E-state index contributed by atoms with van der Waals surface area (Å²) in [7, 11) is 0. The molecule has 0 amide bonds. The van der Waals surface area contributed by atoms with Crippen molar-refractivity contribution in [3.8, 4) is 0 Å². The van der Waals surface area contributed by atoms with Crippen LogP contribution in [0.25, 0.3) is 0 Å². The fraction of sp³-hybridized carbons (Fsp3) is 0.800. The van der Waals surface area contributed by atoms with Gasteiger partial charge in [-0.2, -0.15) is 0 Å². The van der Waals surface area contributed by atoms with Crippen molar-refractivity contribution in [2.75, 3.05) is 0 Å². The fourth-order valence-electron chi connectivity index (χ4n) is 3.11. The maximum atomic E-state index is 11.6. The second kappa shape index (κ2) is 7.19. The highest BCUT2D eigenvalue weighted by molar-refractivity contribution is 5.94. The lowest BCUT2D eigenvalue weighted by molar-refractivity contribution is -0.153. The van der Waals surface area contributed by atoms with Crippen LogP contribution in [0.1, 0.15) is 74.1 Å². The van der Waals surface area contributed by atoms with Gasteiger partial charge in [-0.15, -0.1) is 0 Å². The zero-order chi connectivity index (χ0) is 18.0. The Hall–Kier alpha value is -1.12. The monoisotopic (exact) mass is 322 g/mol. The third-order valence-corrected chi connectivity index (χ3v) is 5.74. The fourth-order valence-corrected chi connectivity index (χ4v) is 3.11. The summed E-state index contributed by atoms with van der Waals surface area (Å²) in [6, 6.07) is 0. The van der Waals surface area contributed by atoms with Crippen LogP contribution in [-0.4, -0.2) is 11.9 Å². The molecule has 0 aromatic heterocycles. The van der Waals surface area contributed by atoms with E-state index in [9.17, 15) is 9.59 Å². The van der Waals surface area contributed by atoms with Crippen LogP contribution in [0.2, 0.25) is 0 Å². The van der Waals surface area contributed by atoms with E-state index in [4.69, 9.17) is 0 Å². The van der Waals surface area contributed by atoms with Gasteiger partial charge in [0.25, 0.3) is 0 Å². The van der Waals surface area contributed by atoms with E-state index in [0.717, 1.165) is 18.4 Å². The van der Waals surface area contributed by atoms with Crippen LogP contribution >= 0.6 is 0 Å². The summed E-state index contributed by atoms with van der Waals surface area (Å²) in [5, 5.41) is 0. The number of carbonyl (C=O) groups excluding carboxylic acids is 2. The Labute approximate surface area is 141 Å². The second-order valence-corrected chi connectivity index (χ2v) is 9.21. The SMILES string of the molecule is C=C(CC1CC(=O)OC1=O)CC(C)C(C)(C)CC(C)C(C)(C)C. The molecule has 132 valence electrons. The molecule has 1 rings (SSSR count). The smallest absolute Gasteiger partial charge is 0.317 e. The maximum Gasteiger partial charge on any atom is 0.317 e. The molecule has 0 aliphatic carbocycles. The van der Waals surface area contributed by atoms with Crippen molar-refractivity contribution in [3.63, 3.8) is 0 Å². The van der Waals surface area contributed by atoms with E-state index in [1.165, 1.54) is 0 Å². The predicted molar refractivity (Wildman–Crippen MR) is 93.8 cm³/mol. The molecular formula is C20H34O3. The Kier molecular flexibility index (Phi) is 6.23. The number of ether oxygens (including phenoxy) is 1. The first-order chi connectivity index (χ1) is 10.3.